The summed E-state index contributed by atoms with van der Waals surface area (Å²) in [6, 6.07) is 0.0564. The number of hydrogen-bond donors (Lipinski definition) is 1. The predicted molar refractivity (Wildman–Crippen MR) is 83.3 cm³/mol. The molecular weight excluding hydrogens is 286 g/mol. The van der Waals surface area contributed by atoms with Gasteiger partial charge in [0.1, 0.15) is 0 Å². The fourth-order valence-corrected chi connectivity index (χ4v) is 3.21. The minimum Gasteiger partial charge on any atom is -0.351 e. The van der Waals surface area contributed by atoms with Crippen LogP contribution in [-0.4, -0.2) is 41.3 Å². The number of rotatable bonds is 3. The monoisotopic (exact) mass is 309 g/mol. The summed E-state index contributed by atoms with van der Waals surface area (Å²) in [6.45, 7) is 6.94. The van der Waals surface area contributed by atoms with E-state index in [2.05, 4.69) is 31.1 Å². The Morgan fingerprint density at radius 2 is 2.24 bits per heavy atom. The van der Waals surface area contributed by atoms with Gasteiger partial charge < -0.3 is 10.2 Å². The van der Waals surface area contributed by atoms with E-state index in [0.717, 1.165) is 17.1 Å². The fourth-order valence-electron chi connectivity index (χ4n) is 2.31. The van der Waals surface area contributed by atoms with Crippen LogP contribution < -0.4 is 5.32 Å². The van der Waals surface area contributed by atoms with Crippen LogP contribution in [0, 0.1) is 0 Å². The van der Waals surface area contributed by atoms with Crippen molar-refractivity contribution in [3.05, 3.63) is 16.1 Å². The lowest BCUT2D eigenvalue weighted by Crippen LogP contribution is -2.48. The number of hydrogen-bond acceptors (Lipinski definition) is 4. The van der Waals surface area contributed by atoms with Gasteiger partial charge in [-0.1, -0.05) is 20.8 Å². The Labute approximate surface area is 129 Å². The van der Waals surface area contributed by atoms with E-state index in [9.17, 15) is 9.59 Å². The van der Waals surface area contributed by atoms with E-state index >= 15 is 0 Å². The molecule has 0 saturated carbocycles. The molecule has 2 amide bonds. The first kappa shape index (κ1) is 15.9. The Bertz CT molecular complexity index is 533. The number of amides is 2. The van der Waals surface area contributed by atoms with E-state index in [4.69, 9.17) is 0 Å². The van der Waals surface area contributed by atoms with Crippen molar-refractivity contribution in [3.63, 3.8) is 0 Å². The number of carbonyl (C=O) groups is 2. The van der Waals surface area contributed by atoms with Crippen molar-refractivity contribution < 1.29 is 9.59 Å². The number of carbonyl (C=O) groups excluding carboxylic acids is 2. The lowest BCUT2D eigenvalue weighted by Gasteiger charge is -2.30. The number of nitrogens with one attached hydrogen (secondary N) is 1. The number of piperidine rings is 1. The molecule has 0 aliphatic carbocycles. The average Bonchev–Trinajstić information content (AvgIpc) is 2.82. The molecule has 1 aromatic rings. The summed E-state index contributed by atoms with van der Waals surface area (Å²) in [7, 11) is 1.77. The number of likely N-dealkylation sites (tertiary alicyclic amines) is 1. The number of aromatic nitrogens is 1. The molecule has 5 nitrogen and oxygen atoms in total. The Hall–Kier alpha value is -1.43. The van der Waals surface area contributed by atoms with Gasteiger partial charge in [-0.05, 0) is 6.42 Å². The Balaban J connectivity index is 1.87. The molecule has 116 valence electrons. The van der Waals surface area contributed by atoms with Crippen molar-refractivity contribution in [3.8, 4) is 0 Å². The topological polar surface area (TPSA) is 62.3 Å². The fraction of sp³-hybridized carbons (Fsp3) is 0.667. The highest BCUT2D eigenvalue weighted by Gasteiger charge is 2.24. The van der Waals surface area contributed by atoms with Crippen LogP contribution in [0.3, 0.4) is 0 Å². The zero-order valence-corrected chi connectivity index (χ0v) is 13.9. The molecule has 6 heteroatoms. The molecule has 2 heterocycles. The number of likely N-dealkylation sites (N-methyl/N-ethyl adjacent to an activating group) is 1. The first-order chi connectivity index (χ1) is 9.75. The van der Waals surface area contributed by atoms with Gasteiger partial charge >= 0.3 is 0 Å². The predicted octanol–water partition coefficient (Wildman–Crippen LogP) is 1.72. The van der Waals surface area contributed by atoms with Gasteiger partial charge in [-0.25, -0.2) is 4.98 Å². The molecule has 2 rings (SSSR count). The van der Waals surface area contributed by atoms with Gasteiger partial charge in [-0.15, -0.1) is 11.3 Å². The third kappa shape index (κ3) is 4.27. The maximum Gasteiger partial charge on any atom is 0.226 e. The van der Waals surface area contributed by atoms with E-state index in [1.54, 1.807) is 23.3 Å². The zero-order valence-electron chi connectivity index (χ0n) is 13.1. The van der Waals surface area contributed by atoms with E-state index < -0.39 is 0 Å². The summed E-state index contributed by atoms with van der Waals surface area (Å²) < 4.78 is 0. The Kier molecular flexibility index (Phi) is 4.66. The molecule has 1 fully saturated rings. The molecule has 1 N–H and O–H groups in total. The van der Waals surface area contributed by atoms with E-state index in [0.29, 0.717) is 19.4 Å². The summed E-state index contributed by atoms with van der Waals surface area (Å²) in [5, 5.41) is 6.00. The molecule has 0 unspecified atom stereocenters. The maximum atomic E-state index is 12.1. The van der Waals surface area contributed by atoms with Crippen LogP contribution in [0.1, 0.15) is 44.3 Å². The molecule has 1 aliphatic heterocycles. The first-order valence-electron chi connectivity index (χ1n) is 7.24. The van der Waals surface area contributed by atoms with Crippen LogP contribution in [0.2, 0.25) is 0 Å². The van der Waals surface area contributed by atoms with Crippen LogP contribution in [0.4, 0.5) is 0 Å². The van der Waals surface area contributed by atoms with Crippen LogP contribution >= 0.6 is 11.3 Å². The minimum absolute atomic E-state index is 0.0197. The number of thiazole rings is 1. The van der Waals surface area contributed by atoms with E-state index in [-0.39, 0.29) is 23.3 Å². The maximum absolute atomic E-state index is 12.1. The molecule has 1 saturated heterocycles. The van der Waals surface area contributed by atoms with Crippen LogP contribution in [0.5, 0.6) is 0 Å². The highest BCUT2D eigenvalue weighted by atomic mass is 32.1. The zero-order chi connectivity index (χ0) is 15.6. The largest absolute Gasteiger partial charge is 0.351 e. The van der Waals surface area contributed by atoms with Crippen molar-refractivity contribution >= 4 is 23.2 Å². The standard InChI is InChI=1S/C15H23N3O2S/c1-15(2,3)14-17-11(9-21-14)7-12(19)16-10-5-6-13(20)18(4)8-10/h9-10H,5-8H2,1-4H3,(H,16,19)/t10-/m1/s1. The summed E-state index contributed by atoms with van der Waals surface area (Å²) in [4.78, 5) is 29.7. The van der Waals surface area contributed by atoms with Gasteiger partial charge in [0.15, 0.2) is 0 Å². The second kappa shape index (κ2) is 6.13. The van der Waals surface area contributed by atoms with Crippen molar-refractivity contribution in [2.24, 2.45) is 0 Å². The highest BCUT2D eigenvalue weighted by Crippen LogP contribution is 2.25. The minimum atomic E-state index is -0.0199. The van der Waals surface area contributed by atoms with E-state index in [1.165, 1.54) is 0 Å². The molecule has 1 aromatic heterocycles. The van der Waals surface area contributed by atoms with Crippen molar-refractivity contribution in [1.29, 1.82) is 0 Å². The molecule has 0 bridgehead atoms. The summed E-state index contributed by atoms with van der Waals surface area (Å²) in [5.74, 6) is 0.128. The summed E-state index contributed by atoms with van der Waals surface area (Å²) >= 11 is 1.60. The SMILES string of the molecule is CN1C[C@H](NC(=O)Cc2csc(C(C)(C)C)n2)CCC1=O. The summed E-state index contributed by atoms with van der Waals surface area (Å²) in [6.07, 6.45) is 1.53. The lowest BCUT2D eigenvalue weighted by molar-refractivity contribution is -0.133. The second-order valence-corrected chi connectivity index (χ2v) is 7.51. The van der Waals surface area contributed by atoms with Crippen molar-refractivity contribution in [2.75, 3.05) is 13.6 Å². The Morgan fingerprint density at radius 3 is 2.81 bits per heavy atom. The molecule has 0 aromatic carbocycles. The quantitative estimate of drug-likeness (QED) is 0.925. The molecule has 1 aliphatic rings. The third-order valence-electron chi connectivity index (χ3n) is 3.53. The van der Waals surface area contributed by atoms with Crippen LogP contribution in [0.15, 0.2) is 5.38 Å². The van der Waals surface area contributed by atoms with Gasteiger partial charge in [0.05, 0.1) is 17.1 Å². The van der Waals surface area contributed by atoms with Gasteiger partial charge in [0, 0.05) is 36.9 Å². The summed E-state index contributed by atoms with van der Waals surface area (Å²) in [5.41, 5.74) is 0.842. The van der Waals surface area contributed by atoms with Crippen LogP contribution in [0.25, 0.3) is 0 Å². The lowest BCUT2D eigenvalue weighted by atomic mass is 9.98. The molecule has 0 spiro atoms. The average molecular weight is 309 g/mol. The van der Waals surface area contributed by atoms with Gasteiger partial charge in [0.25, 0.3) is 0 Å². The van der Waals surface area contributed by atoms with Crippen molar-refractivity contribution in [1.82, 2.24) is 15.2 Å². The molecular formula is C15H23N3O2S. The third-order valence-corrected chi connectivity index (χ3v) is 4.84. The second-order valence-electron chi connectivity index (χ2n) is 6.65. The number of nitrogens with zero attached hydrogens (tertiary/aromatic N) is 2. The Morgan fingerprint density at radius 1 is 1.52 bits per heavy atom. The normalized spacial score (nSPS) is 19.7. The van der Waals surface area contributed by atoms with Crippen molar-refractivity contribution in [2.45, 2.75) is 51.5 Å². The van der Waals surface area contributed by atoms with Gasteiger partial charge in [-0.3, -0.25) is 9.59 Å². The van der Waals surface area contributed by atoms with E-state index in [1.807, 2.05) is 5.38 Å². The van der Waals surface area contributed by atoms with Crippen LogP contribution in [-0.2, 0) is 21.4 Å². The van der Waals surface area contributed by atoms with Gasteiger partial charge in [-0.2, -0.15) is 0 Å². The first-order valence-corrected chi connectivity index (χ1v) is 8.12. The highest BCUT2D eigenvalue weighted by molar-refractivity contribution is 7.09. The molecule has 0 radical (unpaired) electrons. The molecule has 21 heavy (non-hydrogen) atoms. The van der Waals surface area contributed by atoms with Gasteiger partial charge in [0.2, 0.25) is 11.8 Å². The smallest absolute Gasteiger partial charge is 0.226 e. The molecule has 1 atom stereocenters.